The van der Waals surface area contributed by atoms with Crippen LogP contribution in [0.25, 0.3) is 0 Å². The Morgan fingerprint density at radius 2 is 1.60 bits per heavy atom. The number of amides is 2. The van der Waals surface area contributed by atoms with Gasteiger partial charge in [0.15, 0.2) is 0 Å². The molecule has 0 unspecified atom stereocenters. The Morgan fingerprint density at radius 3 is 2.30 bits per heavy atom. The van der Waals surface area contributed by atoms with Crippen LogP contribution in [0.5, 0.6) is 5.75 Å². The fraction of sp³-hybridized carbons (Fsp3) is 0.417. The fourth-order valence-electron chi connectivity index (χ4n) is 2.85. The van der Waals surface area contributed by atoms with Crippen molar-refractivity contribution in [2.75, 3.05) is 29.1 Å². The fourth-order valence-corrected chi connectivity index (χ4v) is 2.85. The number of hydrogen-bond donors (Lipinski definition) is 3. The summed E-state index contributed by atoms with van der Waals surface area (Å²) in [6, 6.07) is 13.1. The van der Waals surface area contributed by atoms with Crippen LogP contribution in [0, 0.1) is 6.92 Å². The van der Waals surface area contributed by atoms with Gasteiger partial charge >= 0.3 is 0 Å². The highest BCUT2D eigenvalue weighted by Crippen LogP contribution is 2.21. The number of carbonyl (C=O) groups excluding carboxylic acids is 2. The summed E-state index contributed by atoms with van der Waals surface area (Å²) in [5.41, 5.74) is 3.15. The Labute approximate surface area is 179 Å². The van der Waals surface area contributed by atoms with Crippen LogP contribution < -0.4 is 20.7 Å². The average molecular weight is 412 g/mol. The summed E-state index contributed by atoms with van der Waals surface area (Å²) in [6.07, 6.45) is 5.12. The molecule has 2 aromatic rings. The molecule has 3 N–H and O–H groups in total. The highest BCUT2D eigenvalue weighted by molar-refractivity contribution is 5.96. The number of rotatable bonds is 12. The molecule has 0 atom stereocenters. The summed E-state index contributed by atoms with van der Waals surface area (Å²) in [5, 5.41) is 8.80. The van der Waals surface area contributed by atoms with E-state index < -0.39 is 0 Å². The summed E-state index contributed by atoms with van der Waals surface area (Å²) in [5.74, 6) is 0.613. The zero-order valence-corrected chi connectivity index (χ0v) is 18.2. The van der Waals surface area contributed by atoms with E-state index in [1.807, 2.05) is 43.3 Å². The number of ether oxygens (including phenoxy) is 1. The SMILES string of the molecule is CCCCCCOc1ccc(NCC(=O)Nc2ccc(C)c(NC(=O)CC)c2)cc1. The second-order valence-corrected chi connectivity index (χ2v) is 7.27. The van der Waals surface area contributed by atoms with Gasteiger partial charge in [0.25, 0.3) is 0 Å². The molecule has 6 heteroatoms. The molecule has 0 fully saturated rings. The van der Waals surface area contributed by atoms with Crippen molar-refractivity contribution in [1.82, 2.24) is 0 Å². The lowest BCUT2D eigenvalue weighted by atomic mass is 10.1. The predicted molar refractivity (Wildman–Crippen MR) is 123 cm³/mol. The highest BCUT2D eigenvalue weighted by atomic mass is 16.5. The summed E-state index contributed by atoms with van der Waals surface area (Å²) < 4.78 is 5.73. The van der Waals surface area contributed by atoms with Crippen LogP contribution in [0.1, 0.15) is 51.5 Å². The first-order valence-electron chi connectivity index (χ1n) is 10.7. The maximum absolute atomic E-state index is 12.3. The second-order valence-electron chi connectivity index (χ2n) is 7.27. The van der Waals surface area contributed by atoms with E-state index in [0.29, 0.717) is 17.8 Å². The molecule has 0 spiro atoms. The minimum atomic E-state index is -0.164. The third-order valence-electron chi connectivity index (χ3n) is 4.69. The molecule has 0 aliphatic rings. The Morgan fingerprint density at radius 1 is 0.867 bits per heavy atom. The van der Waals surface area contributed by atoms with E-state index in [1.165, 1.54) is 19.3 Å². The van der Waals surface area contributed by atoms with E-state index in [-0.39, 0.29) is 18.4 Å². The molecule has 0 aliphatic carbocycles. The van der Waals surface area contributed by atoms with E-state index >= 15 is 0 Å². The Balaban J connectivity index is 1.79. The van der Waals surface area contributed by atoms with Crippen molar-refractivity contribution >= 4 is 28.9 Å². The minimum Gasteiger partial charge on any atom is -0.494 e. The Hall–Kier alpha value is -3.02. The van der Waals surface area contributed by atoms with E-state index in [0.717, 1.165) is 30.0 Å². The van der Waals surface area contributed by atoms with Crippen molar-refractivity contribution in [1.29, 1.82) is 0 Å². The molecule has 0 aromatic heterocycles. The molecule has 0 bridgehead atoms. The molecule has 0 saturated heterocycles. The molecular formula is C24H33N3O3. The smallest absolute Gasteiger partial charge is 0.243 e. The van der Waals surface area contributed by atoms with Gasteiger partial charge in [0.05, 0.1) is 13.2 Å². The normalized spacial score (nSPS) is 10.4. The van der Waals surface area contributed by atoms with Gasteiger partial charge in [0, 0.05) is 23.5 Å². The molecular weight excluding hydrogens is 378 g/mol. The molecule has 0 heterocycles. The number of aryl methyl sites for hydroxylation is 1. The molecule has 30 heavy (non-hydrogen) atoms. The molecule has 0 aliphatic heterocycles. The van der Waals surface area contributed by atoms with Gasteiger partial charge in [-0.3, -0.25) is 9.59 Å². The standard InChI is InChI=1S/C24H33N3O3/c1-4-6-7-8-15-30-21-13-11-19(12-14-21)25-17-24(29)26-20-10-9-18(3)22(16-20)27-23(28)5-2/h9-14,16,25H,4-8,15,17H2,1-3H3,(H,26,29)(H,27,28). The number of nitrogens with one attached hydrogen (secondary N) is 3. The number of unbranched alkanes of at least 4 members (excludes halogenated alkanes) is 3. The molecule has 6 nitrogen and oxygen atoms in total. The largest absolute Gasteiger partial charge is 0.494 e. The quantitative estimate of drug-likeness (QED) is 0.411. The van der Waals surface area contributed by atoms with Crippen molar-refractivity contribution < 1.29 is 14.3 Å². The zero-order valence-electron chi connectivity index (χ0n) is 18.2. The molecule has 2 amide bonds. The number of carbonyl (C=O) groups is 2. The van der Waals surface area contributed by atoms with Crippen molar-refractivity contribution in [3.63, 3.8) is 0 Å². The van der Waals surface area contributed by atoms with Crippen LogP contribution in [-0.2, 0) is 9.59 Å². The van der Waals surface area contributed by atoms with Crippen LogP contribution in [-0.4, -0.2) is 25.0 Å². The average Bonchev–Trinajstić information content (AvgIpc) is 2.75. The van der Waals surface area contributed by atoms with Crippen LogP contribution in [0.15, 0.2) is 42.5 Å². The van der Waals surface area contributed by atoms with E-state index in [9.17, 15) is 9.59 Å². The van der Waals surface area contributed by atoms with Crippen LogP contribution >= 0.6 is 0 Å². The van der Waals surface area contributed by atoms with E-state index in [4.69, 9.17) is 4.74 Å². The van der Waals surface area contributed by atoms with E-state index in [1.54, 1.807) is 13.0 Å². The maximum Gasteiger partial charge on any atom is 0.243 e. The first-order valence-corrected chi connectivity index (χ1v) is 10.7. The lowest BCUT2D eigenvalue weighted by molar-refractivity contribution is -0.116. The Bertz CT molecular complexity index is 819. The third-order valence-corrected chi connectivity index (χ3v) is 4.69. The first-order chi connectivity index (χ1) is 14.5. The topological polar surface area (TPSA) is 79.5 Å². The minimum absolute atomic E-state index is 0.0587. The van der Waals surface area contributed by atoms with Crippen LogP contribution in [0.3, 0.4) is 0 Å². The summed E-state index contributed by atoms with van der Waals surface area (Å²) in [7, 11) is 0. The van der Waals surface area contributed by atoms with Gasteiger partial charge < -0.3 is 20.7 Å². The van der Waals surface area contributed by atoms with Crippen molar-refractivity contribution in [2.24, 2.45) is 0 Å². The van der Waals surface area contributed by atoms with Gasteiger partial charge in [0.2, 0.25) is 11.8 Å². The molecule has 0 saturated carbocycles. The predicted octanol–water partition coefficient (Wildman–Crippen LogP) is 5.35. The Kier molecular flexibility index (Phi) is 9.71. The number of benzene rings is 2. The number of hydrogen-bond acceptors (Lipinski definition) is 4. The third kappa shape index (κ3) is 8.15. The number of anilines is 3. The second kappa shape index (κ2) is 12.5. The lowest BCUT2D eigenvalue weighted by Gasteiger charge is -2.12. The van der Waals surface area contributed by atoms with Gasteiger partial charge in [-0.25, -0.2) is 0 Å². The van der Waals surface area contributed by atoms with Crippen LogP contribution in [0.4, 0.5) is 17.1 Å². The summed E-state index contributed by atoms with van der Waals surface area (Å²) >= 11 is 0. The summed E-state index contributed by atoms with van der Waals surface area (Å²) in [4.78, 5) is 23.9. The van der Waals surface area contributed by atoms with Crippen molar-refractivity contribution in [3.05, 3.63) is 48.0 Å². The molecule has 2 rings (SSSR count). The van der Waals surface area contributed by atoms with Gasteiger partial charge in [-0.1, -0.05) is 39.2 Å². The van der Waals surface area contributed by atoms with Crippen LogP contribution in [0.2, 0.25) is 0 Å². The van der Waals surface area contributed by atoms with Crippen molar-refractivity contribution in [2.45, 2.75) is 52.9 Å². The van der Waals surface area contributed by atoms with E-state index in [2.05, 4.69) is 22.9 Å². The van der Waals surface area contributed by atoms with Gasteiger partial charge in [-0.15, -0.1) is 0 Å². The molecule has 0 radical (unpaired) electrons. The first kappa shape index (κ1) is 23.3. The zero-order chi connectivity index (χ0) is 21.8. The van der Waals surface area contributed by atoms with Gasteiger partial charge in [0.1, 0.15) is 5.75 Å². The van der Waals surface area contributed by atoms with Gasteiger partial charge in [-0.2, -0.15) is 0 Å². The monoisotopic (exact) mass is 411 g/mol. The van der Waals surface area contributed by atoms with Gasteiger partial charge in [-0.05, 0) is 55.3 Å². The summed E-state index contributed by atoms with van der Waals surface area (Å²) in [6.45, 7) is 6.78. The molecule has 162 valence electrons. The maximum atomic E-state index is 12.3. The highest BCUT2D eigenvalue weighted by Gasteiger charge is 2.07. The lowest BCUT2D eigenvalue weighted by Crippen LogP contribution is -2.22. The molecule has 2 aromatic carbocycles. The van der Waals surface area contributed by atoms with Crippen molar-refractivity contribution in [3.8, 4) is 5.75 Å².